The van der Waals surface area contributed by atoms with E-state index in [9.17, 15) is 5.11 Å². The van der Waals surface area contributed by atoms with Crippen molar-refractivity contribution in [2.24, 2.45) is 5.73 Å². The van der Waals surface area contributed by atoms with E-state index in [1.807, 2.05) is 12.3 Å². The van der Waals surface area contributed by atoms with Gasteiger partial charge in [-0.1, -0.05) is 30.7 Å². The molecule has 1 saturated heterocycles. The molecule has 5 rings (SSSR count). The fraction of sp³-hybridized carbons (Fsp3) is 0.250. The Morgan fingerprint density at radius 3 is 2.60 bits per heavy atom. The SMILES string of the molecule is NC#Cc1ncc2[nH]c3ncc(-c4ccc(CN5CCCCC5)cc4)cc3c2c1O. The quantitative estimate of drug-likeness (QED) is 0.362. The third kappa shape index (κ3) is 3.34. The predicted octanol–water partition coefficient (Wildman–Crippen LogP) is 3.74. The Labute approximate surface area is 174 Å². The molecule has 0 atom stereocenters. The maximum Gasteiger partial charge on any atom is 0.160 e. The topological polar surface area (TPSA) is 91.1 Å². The summed E-state index contributed by atoms with van der Waals surface area (Å²) in [4.78, 5) is 14.5. The second-order valence-corrected chi connectivity index (χ2v) is 7.79. The molecule has 150 valence electrons. The summed E-state index contributed by atoms with van der Waals surface area (Å²) in [5.41, 5.74) is 10.4. The zero-order valence-corrected chi connectivity index (χ0v) is 16.7. The largest absolute Gasteiger partial charge is 0.504 e. The molecule has 1 aliphatic rings. The van der Waals surface area contributed by atoms with Gasteiger partial charge in [0.25, 0.3) is 0 Å². The van der Waals surface area contributed by atoms with Gasteiger partial charge in [-0.2, -0.15) is 0 Å². The highest BCUT2D eigenvalue weighted by molar-refractivity contribution is 6.10. The minimum absolute atomic E-state index is 0.0209. The molecule has 1 aliphatic heterocycles. The van der Waals surface area contributed by atoms with Crippen LogP contribution in [0.4, 0.5) is 0 Å². The van der Waals surface area contributed by atoms with Crippen LogP contribution in [0.15, 0.2) is 42.7 Å². The summed E-state index contributed by atoms with van der Waals surface area (Å²) in [6, 6.07) is 13.0. The van der Waals surface area contributed by atoms with E-state index in [1.165, 1.54) is 37.9 Å². The first-order chi connectivity index (χ1) is 14.7. The van der Waals surface area contributed by atoms with Crippen molar-refractivity contribution in [3.05, 3.63) is 54.0 Å². The Kier molecular flexibility index (Phi) is 4.74. The zero-order valence-electron chi connectivity index (χ0n) is 16.7. The molecule has 0 bridgehead atoms. The van der Waals surface area contributed by atoms with E-state index in [1.54, 1.807) is 6.20 Å². The van der Waals surface area contributed by atoms with Gasteiger partial charge in [0.2, 0.25) is 0 Å². The number of fused-ring (bicyclic) bond motifs is 3. The van der Waals surface area contributed by atoms with Crippen molar-refractivity contribution in [3.63, 3.8) is 0 Å². The molecule has 0 aliphatic carbocycles. The van der Waals surface area contributed by atoms with Crippen LogP contribution in [0.2, 0.25) is 0 Å². The molecular weight excluding hydrogens is 374 g/mol. The average Bonchev–Trinajstić information content (AvgIpc) is 3.16. The number of likely N-dealkylation sites (tertiary alicyclic amines) is 1. The summed E-state index contributed by atoms with van der Waals surface area (Å²) < 4.78 is 0. The summed E-state index contributed by atoms with van der Waals surface area (Å²) >= 11 is 0. The van der Waals surface area contributed by atoms with E-state index in [0.29, 0.717) is 16.6 Å². The number of hydrogen-bond acceptors (Lipinski definition) is 5. The number of piperidine rings is 1. The smallest absolute Gasteiger partial charge is 0.160 e. The van der Waals surface area contributed by atoms with E-state index in [4.69, 9.17) is 5.73 Å². The summed E-state index contributed by atoms with van der Waals surface area (Å²) in [5.74, 6) is 2.66. The molecule has 6 heteroatoms. The third-order valence-electron chi connectivity index (χ3n) is 5.80. The number of H-pyrrole nitrogens is 1. The number of nitrogens with two attached hydrogens (primary N) is 1. The van der Waals surface area contributed by atoms with E-state index >= 15 is 0 Å². The van der Waals surface area contributed by atoms with Gasteiger partial charge < -0.3 is 15.8 Å². The van der Waals surface area contributed by atoms with Crippen LogP contribution < -0.4 is 5.73 Å². The van der Waals surface area contributed by atoms with Crippen LogP contribution in [-0.2, 0) is 6.54 Å². The molecule has 0 radical (unpaired) electrons. The van der Waals surface area contributed by atoms with Gasteiger partial charge in [0.15, 0.2) is 11.4 Å². The number of rotatable bonds is 3. The van der Waals surface area contributed by atoms with E-state index in [2.05, 4.69) is 56.1 Å². The molecule has 30 heavy (non-hydrogen) atoms. The molecule has 0 spiro atoms. The second-order valence-electron chi connectivity index (χ2n) is 7.79. The predicted molar refractivity (Wildman–Crippen MR) is 119 cm³/mol. The molecule has 1 aromatic carbocycles. The first-order valence-corrected chi connectivity index (χ1v) is 10.3. The second kappa shape index (κ2) is 7.69. The monoisotopic (exact) mass is 397 g/mol. The van der Waals surface area contributed by atoms with E-state index < -0.39 is 0 Å². The van der Waals surface area contributed by atoms with E-state index in [0.717, 1.165) is 23.1 Å². The highest BCUT2D eigenvalue weighted by atomic mass is 16.3. The van der Waals surface area contributed by atoms with Crippen molar-refractivity contribution in [1.29, 1.82) is 0 Å². The van der Waals surface area contributed by atoms with E-state index in [-0.39, 0.29) is 11.4 Å². The average molecular weight is 397 g/mol. The summed E-state index contributed by atoms with van der Waals surface area (Å²) in [5, 5.41) is 12.1. The Morgan fingerprint density at radius 1 is 1.03 bits per heavy atom. The van der Waals surface area contributed by atoms with Crippen molar-refractivity contribution in [2.45, 2.75) is 25.8 Å². The third-order valence-corrected chi connectivity index (χ3v) is 5.80. The van der Waals surface area contributed by atoms with Crippen molar-refractivity contribution < 1.29 is 5.11 Å². The fourth-order valence-electron chi connectivity index (χ4n) is 4.25. The zero-order chi connectivity index (χ0) is 20.5. The molecule has 4 aromatic rings. The molecule has 1 fully saturated rings. The van der Waals surface area contributed by atoms with Gasteiger partial charge in [-0.3, -0.25) is 4.90 Å². The lowest BCUT2D eigenvalue weighted by Crippen LogP contribution is -2.28. The van der Waals surface area contributed by atoms with Crippen LogP contribution in [-0.4, -0.2) is 38.0 Å². The number of nitrogens with one attached hydrogen (secondary N) is 1. The number of nitrogens with zero attached hydrogens (tertiary/aromatic N) is 3. The number of pyridine rings is 2. The van der Waals surface area contributed by atoms with Gasteiger partial charge in [-0.25, -0.2) is 9.97 Å². The molecule has 0 saturated carbocycles. The first kappa shape index (κ1) is 18.5. The van der Waals surface area contributed by atoms with Gasteiger partial charge in [-0.15, -0.1) is 0 Å². The number of aromatic amines is 1. The van der Waals surface area contributed by atoms with Crippen molar-refractivity contribution in [1.82, 2.24) is 19.9 Å². The van der Waals surface area contributed by atoms with Crippen molar-refractivity contribution in [2.75, 3.05) is 13.1 Å². The van der Waals surface area contributed by atoms with Crippen molar-refractivity contribution in [3.8, 4) is 28.8 Å². The highest BCUT2D eigenvalue weighted by Crippen LogP contribution is 2.35. The minimum Gasteiger partial charge on any atom is -0.504 e. The number of aromatic nitrogens is 3. The molecule has 3 aromatic heterocycles. The standard InChI is InChI=1S/C24H23N5O/c25-9-8-20-23(30)22-19-12-18(13-27-24(19)28-21(22)14-26-20)17-6-4-16(5-7-17)15-29-10-2-1-3-11-29/h4-7,12-14,30H,1-3,10-11,15,25H2,(H,27,28). The Morgan fingerprint density at radius 2 is 1.83 bits per heavy atom. The normalized spacial score (nSPS) is 14.7. The maximum absolute atomic E-state index is 10.6. The van der Waals surface area contributed by atoms with Gasteiger partial charge in [0.1, 0.15) is 5.65 Å². The van der Waals surface area contributed by atoms with Crippen LogP contribution in [0, 0.1) is 12.0 Å². The first-order valence-electron chi connectivity index (χ1n) is 10.3. The summed E-state index contributed by atoms with van der Waals surface area (Å²) in [7, 11) is 0. The fourth-order valence-corrected chi connectivity index (χ4v) is 4.25. The van der Waals surface area contributed by atoms with Gasteiger partial charge in [0, 0.05) is 29.7 Å². The number of hydrogen-bond donors (Lipinski definition) is 3. The lowest BCUT2D eigenvalue weighted by molar-refractivity contribution is 0.221. The van der Waals surface area contributed by atoms with Gasteiger partial charge in [0.05, 0.1) is 17.1 Å². The molecule has 0 amide bonds. The summed E-state index contributed by atoms with van der Waals surface area (Å²) in [6.45, 7) is 3.39. The summed E-state index contributed by atoms with van der Waals surface area (Å²) in [6.07, 6.45) is 7.45. The van der Waals surface area contributed by atoms with Crippen LogP contribution in [0.1, 0.15) is 30.5 Å². The van der Waals surface area contributed by atoms with Gasteiger partial charge >= 0.3 is 0 Å². The Balaban J connectivity index is 1.50. The molecule has 4 N–H and O–H groups in total. The number of benzene rings is 1. The minimum atomic E-state index is 0.0209. The lowest BCUT2D eigenvalue weighted by Gasteiger charge is -2.26. The van der Waals surface area contributed by atoms with Crippen LogP contribution in [0.3, 0.4) is 0 Å². The number of aromatic hydroxyl groups is 1. The lowest BCUT2D eigenvalue weighted by atomic mass is 10.0. The van der Waals surface area contributed by atoms with Crippen LogP contribution in [0.5, 0.6) is 5.75 Å². The highest BCUT2D eigenvalue weighted by Gasteiger charge is 2.15. The maximum atomic E-state index is 10.6. The Bertz CT molecular complexity index is 1270. The van der Waals surface area contributed by atoms with Gasteiger partial charge in [-0.05, 0) is 49.0 Å². The molecule has 6 nitrogen and oxygen atoms in total. The molecule has 0 unspecified atom stereocenters. The molecule has 4 heterocycles. The van der Waals surface area contributed by atoms with Crippen molar-refractivity contribution >= 4 is 21.9 Å². The molecular formula is C24H23N5O. The van der Waals surface area contributed by atoms with Crippen LogP contribution in [0.25, 0.3) is 33.1 Å². The Hall–Kier alpha value is -3.56. The van der Waals surface area contributed by atoms with Crippen LogP contribution >= 0.6 is 0 Å².